The van der Waals surface area contributed by atoms with Crippen LogP contribution in [0, 0.1) is 5.82 Å². The smallest absolute Gasteiger partial charge is 0.337 e. The molecule has 8 heteroatoms. The molecular weight excluding hydrogens is 445 g/mol. The number of carboxylic acid groups (broad SMARTS) is 1. The van der Waals surface area contributed by atoms with Gasteiger partial charge in [0.2, 0.25) is 0 Å². The molecule has 4 nitrogen and oxygen atoms in total. The Balaban J connectivity index is 1.69. The molecule has 0 amide bonds. The Hall–Kier alpha value is -2.61. The van der Waals surface area contributed by atoms with Crippen molar-refractivity contribution in [3.05, 3.63) is 75.4 Å². The number of halogens is 2. The highest BCUT2D eigenvalue weighted by atomic mass is 35.5. The molecule has 0 spiro atoms. The number of thiocarbonyl (C=S) groups is 1. The molecule has 3 rings (SSSR count). The van der Waals surface area contributed by atoms with E-state index in [-0.39, 0.29) is 28.7 Å². The van der Waals surface area contributed by atoms with Crippen LogP contribution in [0.1, 0.15) is 28.4 Å². The van der Waals surface area contributed by atoms with Gasteiger partial charge in [-0.25, -0.2) is 9.18 Å². The van der Waals surface area contributed by atoms with Crippen molar-refractivity contribution in [1.82, 2.24) is 0 Å². The van der Waals surface area contributed by atoms with Gasteiger partial charge in [0.25, 0.3) is 0 Å². The summed E-state index contributed by atoms with van der Waals surface area (Å²) in [4.78, 5) is 16.8. The standard InChI is InChI=1S/C22H17ClFNO3S2/c1-12(18-11-30-21(20(18)26)14-3-5-15(24)6-4-14)25-10-16(29)8-13-2-7-17(22(27)28)19(23)9-13/h2-7,9,11,26H,8,10H2,1H3,(H,27,28). The Morgan fingerprint density at radius 2 is 1.90 bits per heavy atom. The van der Waals surface area contributed by atoms with E-state index in [1.165, 1.54) is 29.5 Å². The predicted octanol–water partition coefficient (Wildman–Crippen LogP) is 6.03. The van der Waals surface area contributed by atoms with Gasteiger partial charge in [-0.05, 0) is 42.3 Å². The molecule has 0 aliphatic heterocycles. The number of carbonyl (C=O) groups is 1. The third-order valence-electron chi connectivity index (χ3n) is 4.42. The van der Waals surface area contributed by atoms with Crippen molar-refractivity contribution in [2.24, 2.45) is 4.99 Å². The van der Waals surface area contributed by atoms with Gasteiger partial charge in [-0.1, -0.05) is 42.0 Å². The molecule has 3 aromatic rings. The van der Waals surface area contributed by atoms with Gasteiger partial charge in [0.15, 0.2) is 0 Å². The number of hydrogen-bond acceptors (Lipinski definition) is 5. The summed E-state index contributed by atoms with van der Waals surface area (Å²) >= 11 is 12.7. The fourth-order valence-electron chi connectivity index (χ4n) is 2.83. The van der Waals surface area contributed by atoms with E-state index in [4.69, 9.17) is 28.9 Å². The molecule has 154 valence electrons. The SMILES string of the molecule is CC(=NCC(=S)Cc1ccc(C(=O)O)c(Cl)c1)c1csc(-c2ccc(F)cc2)c1O. The minimum Gasteiger partial charge on any atom is -0.506 e. The van der Waals surface area contributed by atoms with Crippen molar-refractivity contribution < 1.29 is 19.4 Å². The first-order valence-electron chi connectivity index (χ1n) is 8.87. The monoisotopic (exact) mass is 461 g/mol. The highest BCUT2D eigenvalue weighted by molar-refractivity contribution is 7.80. The molecule has 1 aromatic heterocycles. The third-order valence-corrected chi connectivity index (χ3v) is 6.02. The van der Waals surface area contributed by atoms with Crippen molar-refractivity contribution in [2.75, 3.05) is 6.54 Å². The van der Waals surface area contributed by atoms with Crippen molar-refractivity contribution in [2.45, 2.75) is 13.3 Å². The number of aromatic carboxylic acids is 1. The summed E-state index contributed by atoms with van der Waals surface area (Å²) in [6, 6.07) is 10.7. The first-order valence-corrected chi connectivity index (χ1v) is 10.5. The van der Waals surface area contributed by atoms with Crippen molar-refractivity contribution in [3.63, 3.8) is 0 Å². The fraction of sp³-hybridized carbons (Fsp3) is 0.136. The Morgan fingerprint density at radius 3 is 2.53 bits per heavy atom. The Labute approximate surface area is 187 Å². The molecule has 0 radical (unpaired) electrons. The zero-order valence-electron chi connectivity index (χ0n) is 15.9. The molecular formula is C22H17ClFNO3S2. The Kier molecular flexibility index (Phi) is 6.97. The first-order chi connectivity index (χ1) is 14.3. The lowest BCUT2D eigenvalue weighted by molar-refractivity contribution is 0.0697. The molecule has 1 heterocycles. The zero-order chi connectivity index (χ0) is 21.8. The predicted molar refractivity (Wildman–Crippen MR) is 123 cm³/mol. The number of benzene rings is 2. The highest BCUT2D eigenvalue weighted by Gasteiger charge is 2.15. The quantitative estimate of drug-likeness (QED) is 0.333. The lowest BCUT2D eigenvalue weighted by Crippen LogP contribution is -2.07. The maximum Gasteiger partial charge on any atom is 0.337 e. The van der Waals surface area contributed by atoms with E-state index in [2.05, 4.69) is 4.99 Å². The van der Waals surface area contributed by atoms with Crippen LogP contribution in [0.2, 0.25) is 5.02 Å². The maximum atomic E-state index is 13.1. The molecule has 2 N–H and O–H groups in total. The van der Waals surface area contributed by atoms with Crippen molar-refractivity contribution in [1.29, 1.82) is 0 Å². The average Bonchev–Trinajstić information content (AvgIpc) is 3.08. The van der Waals surface area contributed by atoms with Gasteiger partial charge in [0, 0.05) is 27.9 Å². The second-order valence-corrected chi connectivity index (χ2v) is 8.43. The van der Waals surface area contributed by atoms with Crippen LogP contribution < -0.4 is 0 Å². The fourth-order valence-corrected chi connectivity index (χ4v) is 4.36. The second-order valence-electron chi connectivity index (χ2n) is 6.57. The normalized spacial score (nSPS) is 11.5. The van der Waals surface area contributed by atoms with Crippen LogP contribution in [0.3, 0.4) is 0 Å². The number of rotatable bonds is 7. The summed E-state index contributed by atoms with van der Waals surface area (Å²) < 4.78 is 13.1. The zero-order valence-corrected chi connectivity index (χ0v) is 18.2. The van der Waals surface area contributed by atoms with Crippen LogP contribution in [0.15, 0.2) is 52.8 Å². The van der Waals surface area contributed by atoms with Crippen LogP contribution in [0.5, 0.6) is 5.75 Å². The van der Waals surface area contributed by atoms with Gasteiger partial charge < -0.3 is 10.2 Å². The van der Waals surface area contributed by atoms with E-state index < -0.39 is 5.97 Å². The van der Waals surface area contributed by atoms with E-state index in [0.29, 0.717) is 27.4 Å². The lowest BCUT2D eigenvalue weighted by atomic mass is 10.1. The van der Waals surface area contributed by atoms with Crippen LogP contribution in [0.25, 0.3) is 10.4 Å². The van der Waals surface area contributed by atoms with Gasteiger partial charge in [-0.2, -0.15) is 0 Å². The largest absolute Gasteiger partial charge is 0.506 e. The minimum absolute atomic E-state index is 0.0464. The summed E-state index contributed by atoms with van der Waals surface area (Å²) in [6.07, 6.45) is 0.433. The number of thiophene rings is 1. The molecule has 0 aliphatic rings. The summed E-state index contributed by atoms with van der Waals surface area (Å²) in [5, 5.41) is 21.6. The highest BCUT2D eigenvalue weighted by Crippen LogP contribution is 2.38. The van der Waals surface area contributed by atoms with Gasteiger partial charge >= 0.3 is 5.97 Å². The van der Waals surface area contributed by atoms with E-state index in [1.807, 2.05) is 0 Å². The molecule has 0 unspecified atom stereocenters. The maximum absolute atomic E-state index is 13.1. The third kappa shape index (κ3) is 5.11. The molecule has 0 fully saturated rings. The average molecular weight is 462 g/mol. The summed E-state index contributed by atoms with van der Waals surface area (Å²) in [6.45, 7) is 2.07. The number of nitrogens with zero attached hydrogens (tertiary/aromatic N) is 1. The van der Waals surface area contributed by atoms with Crippen LogP contribution >= 0.6 is 35.2 Å². The van der Waals surface area contributed by atoms with Crippen LogP contribution in [-0.4, -0.2) is 33.3 Å². The second kappa shape index (κ2) is 9.47. The summed E-state index contributed by atoms with van der Waals surface area (Å²) in [5.41, 5.74) is 2.83. The number of aromatic hydroxyl groups is 1. The lowest BCUT2D eigenvalue weighted by Gasteiger charge is -2.06. The first kappa shape index (κ1) is 22.1. The van der Waals surface area contributed by atoms with E-state index in [9.17, 15) is 14.3 Å². The number of aliphatic imine (C=N–C) groups is 1. The Bertz CT molecular complexity index is 1140. The molecule has 0 saturated heterocycles. The van der Waals surface area contributed by atoms with Crippen molar-refractivity contribution in [3.8, 4) is 16.2 Å². The molecule has 0 saturated carbocycles. The molecule has 30 heavy (non-hydrogen) atoms. The number of hydrogen-bond donors (Lipinski definition) is 2. The van der Waals surface area contributed by atoms with Gasteiger partial charge in [0.1, 0.15) is 11.6 Å². The Morgan fingerprint density at radius 1 is 1.20 bits per heavy atom. The van der Waals surface area contributed by atoms with Gasteiger partial charge in [0.05, 0.1) is 22.0 Å². The molecule has 2 aromatic carbocycles. The van der Waals surface area contributed by atoms with E-state index in [0.717, 1.165) is 11.1 Å². The molecule has 0 bridgehead atoms. The summed E-state index contributed by atoms with van der Waals surface area (Å²) in [5.74, 6) is -1.31. The number of carboxylic acids is 1. The molecule has 0 aliphatic carbocycles. The van der Waals surface area contributed by atoms with E-state index >= 15 is 0 Å². The van der Waals surface area contributed by atoms with Crippen molar-refractivity contribution >= 4 is 51.7 Å². The topological polar surface area (TPSA) is 69.9 Å². The van der Waals surface area contributed by atoms with Gasteiger partial charge in [-0.3, -0.25) is 4.99 Å². The van der Waals surface area contributed by atoms with Gasteiger partial charge in [-0.15, -0.1) is 11.3 Å². The van der Waals surface area contributed by atoms with E-state index in [1.54, 1.807) is 36.6 Å². The van der Waals surface area contributed by atoms with Crippen LogP contribution in [-0.2, 0) is 6.42 Å². The molecule has 0 atom stereocenters. The minimum atomic E-state index is -1.08. The van der Waals surface area contributed by atoms with Crippen LogP contribution in [0.4, 0.5) is 4.39 Å². The summed E-state index contributed by atoms with van der Waals surface area (Å²) in [7, 11) is 0.